The highest BCUT2D eigenvalue weighted by atomic mass is 16.7. The molecule has 0 unspecified atom stereocenters. The highest BCUT2D eigenvalue weighted by Gasteiger charge is 2.43. The molecule has 4 N–H and O–H groups in total. The van der Waals surface area contributed by atoms with Gasteiger partial charge in [-0.3, -0.25) is 0 Å². The minimum absolute atomic E-state index is 0.378. The summed E-state index contributed by atoms with van der Waals surface area (Å²) in [6, 6.07) is 0. The Labute approximate surface area is 88.1 Å². The lowest BCUT2D eigenvalue weighted by Crippen LogP contribution is -2.59. The fourth-order valence-corrected chi connectivity index (χ4v) is 1.44. The quantitative estimate of drug-likeness (QED) is 0.448. The Morgan fingerprint density at radius 1 is 1.13 bits per heavy atom. The molecule has 1 heterocycles. The van der Waals surface area contributed by atoms with Crippen LogP contribution in [0.5, 0.6) is 0 Å². The molecule has 0 aromatic carbocycles. The monoisotopic (exact) mass is 222 g/mol. The van der Waals surface area contributed by atoms with E-state index >= 15 is 0 Å². The van der Waals surface area contributed by atoms with Gasteiger partial charge in [0.25, 0.3) is 0 Å². The maximum atomic E-state index is 9.51. The van der Waals surface area contributed by atoms with E-state index in [2.05, 4.69) is 0 Å². The number of hydrogen-bond acceptors (Lipinski definition) is 6. The topological polar surface area (TPSA) is 99.4 Å². The van der Waals surface area contributed by atoms with Gasteiger partial charge in [-0.05, 0) is 6.42 Å². The van der Waals surface area contributed by atoms with Gasteiger partial charge < -0.3 is 29.9 Å². The summed E-state index contributed by atoms with van der Waals surface area (Å²) >= 11 is 0. The molecule has 0 spiro atoms. The normalized spacial score (nSPS) is 41.8. The third kappa shape index (κ3) is 2.87. The van der Waals surface area contributed by atoms with Crippen LogP contribution in [0.3, 0.4) is 0 Å². The van der Waals surface area contributed by atoms with Crippen LogP contribution in [0.4, 0.5) is 0 Å². The van der Waals surface area contributed by atoms with Gasteiger partial charge in [0.2, 0.25) is 0 Å². The predicted octanol–water partition coefficient (Wildman–Crippen LogP) is -1.79. The lowest BCUT2D eigenvalue weighted by Gasteiger charge is -2.39. The Morgan fingerprint density at radius 2 is 1.80 bits per heavy atom. The lowest BCUT2D eigenvalue weighted by atomic mass is 9.99. The van der Waals surface area contributed by atoms with Crippen molar-refractivity contribution >= 4 is 0 Å². The van der Waals surface area contributed by atoms with Gasteiger partial charge in [0.05, 0.1) is 6.61 Å². The molecule has 6 nitrogen and oxygen atoms in total. The molecule has 0 saturated carbocycles. The largest absolute Gasteiger partial charge is 0.394 e. The second-order valence-electron chi connectivity index (χ2n) is 3.57. The SMILES string of the molecule is CCCO[C@@H]1O[C@H](CO)[C@H](O)[C@@H](O)[C@@H]1O. The molecule has 1 rings (SSSR count). The van der Waals surface area contributed by atoms with Crippen molar-refractivity contribution < 1.29 is 29.9 Å². The van der Waals surface area contributed by atoms with Crippen molar-refractivity contribution in [1.82, 2.24) is 0 Å². The lowest BCUT2D eigenvalue weighted by molar-refractivity contribution is -0.300. The maximum absolute atomic E-state index is 9.51. The van der Waals surface area contributed by atoms with Gasteiger partial charge in [0.1, 0.15) is 24.4 Å². The average Bonchev–Trinajstić information content (AvgIpc) is 2.25. The maximum Gasteiger partial charge on any atom is 0.186 e. The van der Waals surface area contributed by atoms with Gasteiger partial charge in [-0.1, -0.05) is 6.92 Å². The highest BCUT2D eigenvalue weighted by Crippen LogP contribution is 2.21. The van der Waals surface area contributed by atoms with Crippen LogP contribution in [0.25, 0.3) is 0 Å². The van der Waals surface area contributed by atoms with Crippen molar-refractivity contribution in [3.8, 4) is 0 Å². The molecule has 6 heteroatoms. The molecule has 15 heavy (non-hydrogen) atoms. The summed E-state index contributed by atoms with van der Waals surface area (Å²) in [7, 11) is 0. The summed E-state index contributed by atoms with van der Waals surface area (Å²) in [6.07, 6.45) is -5.14. The summed E-state index contributed by atoms with van der Waals surface area (Å²) in [6.45, 7) is 1.84. The van der Waals surface area contributed by atoms with Crippen LogP contribution >= 0.6 is 0 Å². The first-order valence-electron chi connectivity index (χ1n) is 5.04. The van der Waals surface area contributed by atoms with Gasteiger partial charge in [-0.15, -0.1) is 0 Å². The fourth-order valence-electron chi connectivity index (χ4n) is 1.44. The van der Waals surface area contributed by atoms with Crippen LogP contribution in [0.15, 0.2) is 0 Å². The number of aliphatic hydroxyl groups is 4. The molecule has 0 radical (unpaired) electrons. The van der Waals surface area contributed by atoms with Crippen molar-refractivity contribution in [3.63, 3.8) is 0 Å². The first-order chi connectivity index (χ1) is 7.11. The second kappa shape index (κ2) is 5.74. The number of aliphatic hydroxyl groups excluding tert-OH is 4. The van der Waals surface area contributed by atoms with E-state index in [1.54, 1.807) is 0 Å². The molecule has 5 atom stereocenters. The first kappa shape index (κ1) is 12.8. The number of rotatable bonds is 4. The van der Waals surface area contributed by atoms with Crippen LogP contribution in [-0.2, 0) is 9.47 Å². The molecule has 90 valence electrons. The van der Waals surface area contributed by atoms with E-state index in [0.717, 1.165) is 6.42 Å². The Kier molecular flexibility index (Phi) is 4.91. The van der Waals surface area contributed by atoms with Crippen LogP contribution in [0, 0.1) is 0 Å². The van der Waals surface area contributed by atoms with Crippen LogP contribution < -0.4 is 0 Å². The zero-order valence-electron chi connectivity index (χ0n) is 8.61. The average molecular weight is 222 g/mol. The second-order valence-corrected chi connectivity index (χ2v) is 3.57. The molecule has 1 fully saturated rings. The van der Waals surface area contributed by atoms with Crippen molar-refractivity contribution in [2.24, 2.45) is 0 Å². The van der Waals surface area contributed by atoms with Crippen molar-refractivity contribution in [2.75, 3.05) is 13.2 Å². The van der Waals surface area contributed by atoms with Crippen LogP contribution in [-0.4, -0.2) is 64.3 Å². The number of hydrogen-bond donors (Lipinski definition) is 4. The molecular formula is C9H18O6. The third-order valence-electron chi connectivity index (χ3n) is 2.33. The van der Waals surface area contributed by atoms with E-state index in [0.29, 0.717) is 6.61 Å². The van der Waals surface area contributed by atoms with Crippen molar-refractivity contribution in [1.29, 1.82) is 0 Å². The van der Waals surface area contributed by atoms with E-state index in [4.69, 9.17) is 14.6 Å². The molecule has 0 aliphatic carbocycles. The molecule has 1 aliphatic heterocycles. The fraction of sp³-hybridized carbons (Fsp3) is 1.00. The molecule has 1 saturated heterocycles. The van der Waals surface area contributed by atoms with E-state index in [-0.39, 0.29) is 0 Å². The summed E-state index contributed by atoms with van der Waals surface area (Å²) < 4.78 is 10.2. The summed E-state index contributed by atoms with van der Waals surface area (Å²) in [5.41, 5.74) is 0. The van der Waals surface area contributed by atoms with E-state index < -0.39 is 37.3 Å². The minimum atomic E-state index is -1.36. The smallest absolute Gasteiger partial charge is 0.186 e. The minimum Gasteiger partial charge on any atom is -0.394 e. The molecular weight excluding hydrogens is 204 g/mol. The molecule has 1 aliphatic rings. The van der Waals surface area contributed by atoms with Gasteiger partial charge >= 0.3 is 0 Å². The zero-order chi connectivity index (χ0) is 11.4. The molecule has 0 aromatic heterocycles. The van der Waals surface area contributed by atoms with Crippen molar-refractivity contribution in [3.05, 3.63) is 0 Å². The predicted molar refractivity (Wildman–Crippen MR) is 50.0 cm³/mol. The van der Waals surface area contributed by atoms with Gasteiger partial charge in [0, 0.05) is 6.61 Å². The Hall–Kier alpha value is -0.240. The van der Waals surface area contributed by atoms with Crippen LogP contribution in [0.1, 0.15) is 13.3 Å². The van der Waals surface area contributed by atoms with Gasteiger partial charge in [0.15, 0.2) is 6.29 Å². The Balaban J connectivity index is 2.57. The summed E-state index contributed by atoms with van der Waals surface area (Å²) in [5, 5.41) is 37.2. The van der Waals surface area contributed by atoms with Crippen molar-refractivity contribution in [2.45, 2.75) is 44.1 Å². The Morgan fingerprint density at radius 3 is 2.33 bits per heavy atom. The molecule has 0 aromatic rings. The van der Waals surface area contributed by atoms with Crippen LogP contribution in [0.2, 0.25) is 0 Å². The first-order valence-corrected chi connectivity index (χ1v) is 5.04. The van der Waals surface area contributed by atoms with E-state index in [1.165, 1.54) is 0 Å². The summed E-state index contributed by atoms with van der Waals surface area (Å²) in [5.74, 6) is 0. The zero-order valence-corrected chi connectivity index (χ0v) is 8.61. The third-order valence-corrected chi connectivity index (χ3v) is 2.33. The molecule has 0 amide bonds. The molecule has 0 bridgehead atoms. The van der Waals surface area contributed by atoms with E-state index in [1.807, 2.05) is 6.92 Å². The number of ether oxygens (including phenoxy) is 2. The van der Waals surface area contributed by atoms with Gasteiger partial charge in [-0.25, -0.2) is 0 Å². The Bertz CT molecular complexity index is 185. The highest BCUT2D eigenvalue weighted by molar-refractivity contribution is 4.88. The standard InChI is InChI=1S/C9H18O6/c1-2-3-14-9-8(13)7(12)6(11)5(4-10)15-9/h5-13H,2-4H2,1H3/t5-,6+,7-,8+,9-/m1/s1. The van der Waals surface area contributed by atoms with Gasteiger partial charge in [-0.2, -0.15) is 0 Å². The van der Waals surface area contributed by atoms with E-state index in [9.17, 15) is 15.3 Å². The summed E-state index contributed by atoms with van der Waals surface area (Å²) in [4.78, 5) is 0.